The van der Waals surface area contributed by atoms with E-state index in [0.717, 1.165) is 10.6 Å². The monoisotopic (exact) mass is 257 g/mol. The molecule has 1 saturated carbocycles. The van der Waals surface area contributed by atoms with Crippen LogP contribution in [-0.4, -0.2) is 7.05 Å². The fourth-order valence-electron chi connectivity index (χ4n) is 2.46. The van der Waals surface area contributed by atoms with E-state index in [2.05, 4.69) is 27.3 Å². The minimum Gasteiger partial charge on any atom is -0.457 e. The van der Waals surface area contributed by atoms with Gasteiger partial charge in [-0.1, -0.05) is 12.8 Å². The number of hydrogen-bond donors (Lipinski definition) is 1. The fraction of sp³-hybridized carbons (Fsp3) is 0.636. The van der Waals surface area contributed by atoms with E-state index < -0.39 is 0 Å². The maximum absolute atomic E-state index is 5.28. The van der Waals surface area contributed by atoms with E-state index >= 15 is 0 Å². The summed E-state index contributed by atoms with van der Waals surface area (Å²) in [5, 5.41) is 3.40. The van der Waals surface area contributed by atoms with Gasteiger partial charge in [-0.25, -0.2) is 0 Å². The van der Waals surface area contributed by atoms with E-state index in [1.165, 1.54) is 31.2 Å². The molecule has 1 fully saturated rings. The van der Waals surface area contributed by atoms with Gasteiger partial charge in [0.25, 0.3) is 0 Å². The van der Waals surface area contributed by atoms with Gasteiger partial charge < -0.3 is 9.73 Å². The summed E-state index contributed by atoms with van der Waals surface area (Å²) < 4.78 is 6.16. The number of nitrogens with one attached hydrogen (secondary N) is 1. The predicted molar refractivity (Wildman–Crippen MR) is 60.2 cm³/mol. The molecule has 0 bridgehead atoms. The molecule has 1 atom stereocenters. The molecule has 1 N–H and O–H groups in total. The third kappa shape index (κ3) is 1.89. The topological polar surface area (TPSA) is 25.2 Å². The van der Waals surface area contributed by atoms with Crippen LogP contribution < -0.4 is 5.32 Å². The van der Waals surface area contributed by atoms with Crippen molar-refractivity contribution in [3.8, 4) is 0 Å². The molecule has 0 radical (unpaired) electrons. The number of rotatable bonds is 3. The first-order valence-corrected chi connectivity index (χ1v) is 6.02. The molecule has 1 unspecified atom stereocenters. The lowest BCUT2D eigenvalue weighted by Crippen LogP contribution is -2.23. The molecule has 1 aliphatic rings. The first-order valence-electron chi connectivity index (χ1n) is 5.23. The van der Waals surface area contributed by atoms with Crippen molar-refractivity contribution >= 4 is 15.9 Å². The Balaban J connectivity index is 2.16. The van der Waals surface area contributed by atoms with Crippen LogP contribution in [0.3, 0.4) is 0 Å². The first-order chi connectivity index (χ1) is 6.83. The standard InChI is InChI=1S/C11H16BrNO/c1-13-10(8-4-2-3-5-8)9-6-7-14-11(9)12/h6-8,10,13H,2-5H2,1H3. The molecule has 0 spiro atoms. The number of hydrogen-bond acceptors (Lipinski definition) is 2. The Bertz CT molecular complexity index is 291. The molecule has 1 heterocycles. The average molecular weight is 258 g/mol. The van der Waals surface area contributed by atoms with Crippen molar-refractivity contribution in [2.45, 2.75) is 31.7 Å². The molecule has 14 heavy (non-hydrogen) atoms. The van der Waals surface area contributed by atoms with Crippen molar-refractivity contribution in [2.24, 2.45) is 5.92 Å². The highest BCUT2D eigenvalue weighted by molar-refractivity contribution is 9.10. The molecule has 0 amide bonds. The summed E-state index contributed by atoms with van der Waals surface area (Å²) in [6, 6.07) is 2.51. The SMILES string of the molecule is CNC(c1ccoc1Br)C1CCCC1. The summed E-state index contributed by atoms with van der Waals surface area (Å²) in [6.07, 6.45) is 7.17. The molecule has 2 rings (SSSR count). The van der Waals surface area contributed by atoms with Gasteiger partial charge >= 0.3 is 0 Å². The van der Waals surface area contributed by atoms with Gasteiger partial charge in [0, 0.05) is 11.6 Å². The van der Waals surface area contributed by atoms with Crippen LogP contribution in [0.4, 0.5) is 0 Å². The molecule has 0 aromatic carbocycles. The van der Waals surface area contributed by atoms with E-state index in [1.54, 1.807) is 6.26 Å². The summed E-state index contributed by atoms with van der Waals surface area (Å²) >= 11 is 3.45. The van der Waals surface area contributed by atoms with Crippen LogP contribution in [0.5, 0.6) is 0 Å². The van der Waals surface area contributed by atoms with Crippen LogP contribution in [0, 0.1) is 5.92 Å². The maximum atomic E-state index is 5.28. The summed E-state index contributed by atoms with van der Waals surface area (Å²) in [4.78, 5) is 0. The Morgan fingerprint density at radius 3 is 2.71 bits per heavy atom. The molecule has 0 saturated heterocycles. The lowest BCUT2D eigenvalue weighted by atomic mass is 9.93. The molecule has 1 aromatic rings. The third-order valence-corrected chi connectivity index (χ3v) is 3.81. The molecule has 1 aliphatic carbocycles. The van der Waals surface area contributed by atoms with Crippen molar-refractivity contribution in [1.82, 2.24) is 5.32 Å². The Morgan fingerprint density at radius 2 is 2.21 bits per heavy atom. The van der Waals surface area contributed by atoms with E-state index in [9.17, 15) is 0 Å². The molecular weight excluding hydrogens is 242 g/mol. The van der Waals surface area contributed by atoms with Gasteiger partial charge in [0.15, 0.2) is 4.67 Å². The van der Waals surface area contributed by atoms with Crippen LogP contribution in [-0.2, 0) is 0 Å². The highest BCUT2D eigenvalue weighted by Crippen LogP contribution is 2.38. The van der Waals surface area contributed by atoms with Crippen molar-refractivity contribution in [2.75, 3.05) is 7.05 Å². The normalized spacial score (nSPS) is 20.1. The minimum absolute atomic E-state index is 0.450. The molecule has 1 aromatic heterocycles. The number of halogens is 1. The van der Waals surface area contributed by atoms with Gasteiger partial charge in [-0.15, -0.1) is 0 Å². The van der Waals surface area contributed by atoms with E-state index in [-0.39, 0.29) is 0 Å². The summed E-state index contributed by atoms with van der Waals surface area (Å²) in [6.45, 7) is 0. The highest BCUT2D eigenvalue weighted by Gasteiger charge is 2.27. The van der Waals surface area contributed by atoms with Crippen LogP contribution in [0.25, 0.3) is 0 Å². The van der Waals surface area contributed by atoms with Gasteiger partial charge in [0.05, 0.1) is 6.26 Å². The summed E-state index contributed by atoms with van der Waals surface area (Å²) in [5.41, 5.74) is 1.26. The van der Waals surface area contributed by atoms with Gasteiger partial charge in [-0.05, 0) is 47.8 Å². The van der Waals surface area contributed by atoms with Gasteiger partial charge in [0.2, 0.25) is 0 Å². The molecule has 3 heteroatoms. The lowest BCUT2D eigenvalue weighted by Gasteiger charge is -2.21. The Hall–Kier alpha value is -0.280. The van der Waals surface area contributed by atoms with E-state index in [1.807, 2.05) is 7.05 Å². The van der Waals surface area contributed by atoms with Crippen molar-refractivity contribution in [3.05, 3.63) is 22.6 Å². The van der Waals surface area contributed by atoms with Crippen LogP contribution in [0.2, 0.25) is 0 Å². The van der Waals surface area contributed by atoms with Crippen molar-refractivity contribution < 1.29 is 4.42 Å². The number of furan rings is 1. The van der Waals surface area contributed by atoms with Crippen LogP contribution in [0.15, 0.2) is 21.4 Å². The van der Waals surface area contributed by atoms with Gasteiger partial charge in [-0.2, -0.15) is 0 Å². The van der Waals surface area contributed by atoms with Gasteiger partial charge in [-0.3, -0.25) is 0 Å². The zero-order valence-electron chi connectivity index (χ0n) is 8.42. The largest absolute Gasteiger partial charge is 0.457 e. The second kappa shape index (κ2) is 4.49. The van der Waals surface area contributed by atoms with Crippen LogP contribution >= 0.6 is 15.9 Å². The zero-order chi connectivity index (χ0) is 9.97. The minimum atomic E-state index is 0.450. The first kappa shape index (κ1) is 10.2. The van der Waals surface area contributed by atoms with E-state index in [4.69, 9.17) is 4.42 Å². The lowest BCUT2D eigenvalue weighted by molar-refractivity contribution is 0.384. The molecule has 0 aliphatic heterocycles. The van der Waals surface area contributed by atoms with Crippen LogP contribution in [0.1, 0.15) is 37.3 Å². The summed E-state index contributed by atoms with van der Waals surface area (Å²) in [5.74, 6) is 0.772. The highest BCUT2D eigenvalue weighted by atomic mass is 79.9. The fourth-order valence-corrected chi connectivity index (χ4v) is 2.95. The third-order valence-electron chi connectivity index (χ3n) is 3.16. The van der Waals surface area contributed by atoms with Crippen molar-refractivity contribution in [3.63, 3.8) is 0 Å². The molecule has 2 nitrogen and oxygen atoms in total. The second-order valence-corrected chi connectivity index (χ2v) is 4.68. The predicted octanol–water partition coefficient (Wildman–Crippen LogP) is 3.49. The maximum Gasteiger partial charge on any atom is 0.173 e. The second-order valence-electron chi connectivity index (χ2n) is 3.96. The Kier molecular flexibility index (Phi) is 3.29. The van der Waals surface area contributed by atoms with Gasteiger partial charge in [0.1, 0.15) is 0 Å². The summed E-state index contributed by atoms with van der Waals surface area (Å²) in [7, 11) is 2.03. The van der Waals surface area contributed by atoms with E-state index in [0.29, 0.717) is 6.04 Å². The van der Waals surface area contributed by atoms with Crippen molar-refractivity contribution in [1.29, 1.82) is 0 Å². The Labute approximate surface area is 93.2 Å². The molecular formula is C11H16BrNO. The average Bonchev–Trinajstić information content (AvgIpc) is 2.80. The zero-order valence-corrected chi connectivity index (χ0v) is 10.0. The smallest absolute Gasteiger partial charge is 0.173 e. The quantitative estimate of drug-likeness (QED) is 0.897. The molecule has 78 valence electrons. The Morgan fingerprint density at radius 1 is 1.50 bits per heavy atom.